The minimum Gasteiger partial charge on any atom is -0.390 e. The first-order chi connectivity index (χ1) is 11.0. The minimum atomic E-state index is -0.331. The average molecular weight is 317 g/mol. The van der Waals surface area contributed by atoms with E-state index in [1.165, 1.54) is 44.9 Å². The summed E-state index contributed by atoms with van der Waals surface area (Å²) >= 11 is 0. The largest absolute Gasteiger partial charge is 0.390 e. The molecule has 4 fully saturated rings. The van der Waals surface area contributed by atoms with Crippen LogP contribution in [-0.4, -0.2) is 10.7 Å². The highest BCUT2D eigenvalue weighted by Gasteiger charge is 2.55. The van der Waals surface area contributed by atoms with E-state index in [0.29, 0.717) is 5.41 Å². The van der Waals surface area contributed by atoms with Crippen LogP contribution in [0.2, 0.25) is 0 Å². The SMILES string of the molecule is C/C=C1\CC[C@H]2[C@@H]3CC[C@@H]4C[C@@](O)(CC)CC[C@@H]4[C@H]3CC[C@]12C. The van der Waals surface area contributed by atoms with Crippen LogP contribution in [0.5, 0.6) is 0 Å². The molecular formula is C22H36O. The maximum absolute atomic E-state index is 10.8. The molecule has 0 bridgehead atoms. The molecule has 1 heteroatoms. The smallest absolute Gasteiger partial charge is 0.0648 e. The van der Waals surface area contributed by atoms with E-state index in [1.807, 2.05) is 0 Å². The van der Waals surface area contributed by atoms with E-state index in [2.05, 4.69) is 26.8 Å². The van der Waals surface area contributed by atoms with Crippen molar-refractivity contribution in [2.24, 2.45) is 35.0 Å². The maximum atomic E-state index is 10.8. The molecule has 23 heavy (non-hydrogen) atoms. The van der Waals surface area contributed by atoms with E-state index < -0.39 is 0 Å². The molecule has 0 saturated heterocycles. The Morgan fingerprint density at radius 1 is 1.04 bits per heavy atom. The fourth-order valence-electron chi connectivity index (χ4n) is 7.61. The van der Waals surface area contributed by atoms with Crippen molar-refractivity contribution in [3.63, 3.8) is 0 Å². The molecule has 4 aliphatic rings. The van der Waals surface area contributed by atoms with Gasteiger partial charge in [0.15, 0.2) is 0 Å². The van der Waals surface area contributed by atoms with Gasteiger partial charge in [0.2, 0.25) is 0 Å². The molecule has 4 saturated carbocycles. The van der Waals surface area contributed by atoms with E-state index in [4.69, 9.17) is 0 Å². The van der Waals surface area contributed by atoms with Gasteiger partial charge in [-0.15, -0.1) is 0 Å². The summed E-state index contributed by atoms with van der Waals surface area (Å²) in [7, 11) is 0. The first kappa shape index (κ1) is 16.2. The molecule has 130 valence electrons. The Kier molecular flexibility index (Phi) is 3.95. The third kappa shape index (κ3) is 2.36. The predicted molar refractivity (Wildman–Crippen MR) is 96.1 cm³/mol. The Labute approximate surface area is 142 Å². The van der Waals surface area contributed by atoms with E-state index in [-0.39, 0.29) is 5.60 Å². The van der Waals surface area contributed by atoms with Crippen molar-refractivity contribution in [1.82, 2.24) is 0 Å². The first-order valence-corrected chi connectivity index (χ1v) is 10.4. The van der Waals surface area contributed by atoms with Crippen LogP contribution >= 0.6 is 0 Å². The molecule has 7 atom stereocenters. The van der Waals surface area contributed by atoms with Gasteiger partial charge in [0, 0.05) is 0 Å². The van der Waals surface area contributed by atoms with E-state index >= 15 is 0 Å². The highest BCUT2D eigenvalue weighted by atomic mass is 16.3. The summed E-state index contributed by atoms with van der Waals surface area (Å²) in [5.74, 6) is 4.67. The number of rotatable bonds is 1. The summed E-state index contributed by atoms with van der Waals surface area (Å²) in [5, 5.41) is 10.8. The number of hydrogen-bond donors (Lipinski definition) is 1. The summed E-state index contributed by atoms with van der Waals surface area (Å²) in [6.45, 7) is 7.02. The highest BCUT2D eigenvalue weighted by Crippen LogP contribution is 2.64. The lowest BCUT2D eigenvalue weighted by molar-refractivity contribution is -0.0980. The molecule has 1 nitrogen and oxygen atoms in total. The van der Waals surface area contributed by atoms with Crippen LogP contribution in [0.3, 0.4) is 0 Å². The zero-order valence-electron chi connectivity index (χ0n) is 15.5. The Morgan fingerprint density at radius 2 is 1.83 bits per heavy atom. The molecule has 0 aromatic carbocycles. The standard InChI is InChI=1S/C22H36O/c1-4-16-7-9-20-19-8-6-15-14-22(23,5-2)13-11-17(15)18(19)10-12-21(16,20)3/h4,15,17-20,23H,5-14H2,1-3H3/b16-4+/t15-,17+,18-,19-,20+,21-,22-/m1/s1. The molecule has 4 aliphatic carbocycles. The maximum Gasteiger partial charge on any atom is 0.0648 e. The van der Waals surface area contributed by atoms with Crippen LogP contribution in [0.1, 0.15) is 85.0 Å². The first-order valence-electron chi connectivity index (χ1n) is 10.4. The lowest BCUT2D eigenvalue weighted by Crippen LogP contribution is -2.50. The molecule has 0 unspecified atom stereocenters. The van der Waals surface area contributed by atoms with Crippen LogP contribution in [0.15, 0.2) is 11.6 Å². The molecule has 0 spiro atoms. The van der Waals surface area contributed by atoms with E-state index in [1.54, 1.807) is 5.57 Å². The fourth-order valence-corrected chi connectivity index (χ4v) is 7.61. The van der Waals surface area contributed by atoms with Crippen LogP contribution in [-0.2, 0) is 0 Å². The van der Waals surface area contributed by atoms with E-state index in [0.717, 1.165) is 48.9 Å². The molecule has 4 rings (SSSR count). The van der Waals surface area contributed by atoms with E-state index in [9.17, 15) is 5.11 Å². The molecule has 0 aromatic heterocycles. The third-order valence-corrected chi connectivity index (χ3v) is 8.96. The number of hydrogen-bond acceptors (Lipinski definition) is 1. The molecule has 0 aliphatic heterocycles. The second-order valence-corrected chi connectivity index (χ2v) is 9.56. The van der Waals surface area contributed by atoms with Crippen molar-refractivity contribution in [2.75, 3.05) is 0 Å². The summed E-state index contributed by atoms with van der Waals surface area (Å²) in [4.78, 5) is 0. The van der Waals surface area contributed by atoms with Gasteiger partial charge in [0.25, 0.3) is 0 Å². The lowest BCUT2D eigenvalue weighted by atomic mass is 9.49. The van der Waals surface area contributed by atoms with Gasteiger partial charge < -0.3 is 5.11 Å². The molecular weight excluding hydrogens is 280 g/mol. The Morgan fingerprint density at radius 3 is 2.57 bits per heavy atom. The Bertz CT molecular complexity index is 494. The molecule has 0 heterocycles. The fraction of sp³-hybridized carbons (Fsp3) is 0.909. The molecule has 0 aromatic rings. The van der Waals surface area contributed by atoms with Crippen LogP contribution in [0, 0.1) is 35.0 Å². The minimum absolute atomic E-state index is 0.331. The lowest BCUT2D eigenvalue weighted by Gasteiger charge is -2.56. The average Bonchev–Trinajstić information content (AvgIpc) is 2.90. The van der Waals surface area contributed by atoms with Crippen molar-refractivity contribution < 1.29 is 5.11 Å². The summed E-state index contributed by atoms with van der Waals surface area (Å²) in [5.41, 5.74) is 1.97. The van der Waals surface area contributed by atoms with Crippen molar-refractivity contribution in [1.29, 1.82) is 0 Å². The van der Waals surface area contributed by atoms with Crippen LogP contribution in [0.4, 0.5) is 0 Å². The topological polar surface area (TPSA) is 20.2 Å². The van der Waals surface area contributed by atoms with Crippen molar-refractivity contribution in [2.45, 2.75) is 90.6 Å². The van der Waals surface area contributed by atoms with Gasteiger partial charge in [0.1, 0.15) is 0 Å². The number of aliphatic hydroxyl groups is 1. The summed E-state index contributed by atoms with van der Waals surface area (Å²) in [6, 6.07) is 0. The summed E-state index contributed by atoms with van der Waals surface area (Å²) < 4.78 is 0. The van der Waals surface area contributed by atoms with Gasteiger partial charge in [-0.25, -0.2) is 0 Å². The van der Waals surface area contributed by atoms with Crippen molar-refractivity contribution >= 4 is 0 Å². The van der Waals surface area contributed by atoms with Gasteiger partial charge in [-0.1, -0.05) is 25.5 Å². The Balaban J connectivity index is 1.55. The third-order valence-electron chi connectivity index (χ3n) is 8.96. The highest BCUT2D eigenvalue weighted by molar-refractivity contribution is 5.23. The van der Waals surface area contributed by atoms with Gasteiger partial charge in [-0.2, -0.15) is 0 Å². The number of fused-ring (bicyclic) bond motifs is 5. The monoisotopic (exact) mass is 316 g/mol. The van der Waals surface area contributed by atoms with Gasteiger partial charge >= 0.3 is 0 Å². The molecule has 0 radical (unpaired) electrons. The zero-order valence-corrected chi connectivity index (χ0v) is 15.5. The van der Waals surface area contributed by atoms with Crippen LogP contribution in [0.25, 0.3) is 0 Å². The van der Waals surface area contributed by atoms with Gasteiger partial charge in [0.05, 0.1) is 5.60 Å². The van der Waals surface area contributed by atoms with Gasteiger partial charge in [-0.05, 0) is 106 Å². The van der Waals surface area contributed by atoms with Crippen LogP contribution < -0.4 is 0 Å². The summed E-state index contributed by atoms with van der Waals surface area (Å²) in [6.07, 6.45) is 15.4. The molecule has 1 N–H and O–H groups in total. The van der Waals surface area contributed by atoms with Crippen molar-refractivity contribution in [3.8, 4) is 0 Å². The second-order valence-electron chi connectivity index (χ2n) is 9.56. The zero-order chi connectivity index (χ0) is 16.2. The molecule has 0 amide bonds. The Hall–Kier alpha value is -0.300. The normalized spacial score (nSPS) is 54.4. The van der Waals surface area contributed by atoms with Gasteiger partial charge in [-0.3, -0.25) is 0 Å². The quantitative estimate of drug-likeness (QED) is 0.613. The second kappa shape index (κ2) is 5.61. The van der Waals surface area contributed by atoms with Crippen molar-refractivity contribution in [3.05, 3.63) is 11.6 Å². The number of allylic oxidation sites excluding steroid dienone is 2. The predicted octanol–water partition coefficient (Wildman–Crippen LogP) is 5.73.